The highest BCUT2D eigenvalue weighted by molar-refractivity contribution is 5.90. The topological polar surface area (TPSA) is 64.6 Å². The van der Waals surface area contributed by atoms with E-state index in [4.69, 9.17) is 9.47 Å². The molecular formula is C10H15NO4. The minimum atomic E-state index is -0.521. The molecule has 1 N–H and O–H groups in total. The Bertz CT molecular complexity index is 283. The lowest BCUT2D eigenvalue weighted by Crippen LogP contribution is -2.45. The standard InChI is InChI=1S/C10H15NO4/c1-2-15-9(13)8-10(3-4-14-6-10)5-7(12)11-8/h8H,2-6H2,1H3,(H,11,12). The van der Waals surface area contributed by atoms with Gasteiger partial charge in [-0.1, -0.05) is 0 Å². The summed E-state index contributed by atoms with van der Waals surface area (Å²) >= 11 is 0. The van der Waals surface area contributed by atoms with Crippen molar-refractivity contribution in [3.05, 3.63) is 0 Å². The third-order valence-corrected chi connectivity index (χ3v) is 3.09. The molecular weight excluding hydrogens is 198 g/mol. The van der Waals surface area contributed by atoms with Gasteiger partial charge in [-0.3, -0.25) is 4.79 Å². The molecule has 1 spiro atoms. The summed E-state index contributed by atoms with van der Waals surface area (Å²) in [4.78, 5) is 23.0. The zero-order valence-corrected chi connectivity index (χ0v) is 8.75. The second-order valence-corrected chi connectivity index (χ2v) is 4.09. The van der Waals surface area contributed by atoms with E-state index >= 15 is 0 Å². The molecule has 2 aliphatic heterocycles. The molecule has 0 radical (unpaired) electrons. The number of rotatable bonds is 2. The third kappa shape index (κ3) is 1.71. The van der Waals surface area contributed by atoms with Crippen molar-refractivity contribution in [1.82, 2.24) is 5.32 Å². The number of carbonyl (C=O) groups is 2. The second kappa shape index (κ2) is 3.81. The number of nitrogens with one attached hydrogen (secondary N) is 1. The molecule has 5 nitrogen and oxygen atoms in total. The molecule has 2 aliphatic rings. The Labute approximate surface area is 88.1 Å². The Morgan fingerprint density at radius 3 is 3.13 bits per heavy atom. The minimum Gasteiger partial charge on any atom is -0.464 e. The van der Waals surface area contributed by atoms with Crippen LogP contribution in [0.4, 0.5) is 0 Å². The lowest BCUT2D eigenvalue weighted by Gasteiger charge is -2.25. The summed E-state index contributed by atoms with van der Waals surface area (Å²) < 4.78 is 10.2. The highest BCUT2D eigenvalue weighted by Crippen LogP contribution is 2.40. The molecule has 2 fully saturated rings. The molecule has 0 aromatic carbocycles. The summed E-state index contributed by atoms with van der Waals surface area (Å²) in [5, 5.41) is 2.68. The number of carbonyl (C=O) groups excluding carboxylic acids is 2. The first-order valence-corrected chi connectivity index (χ1v) is 5.22. The summed E-state index contributed by atoms with van der Waals surface area (Å²) in [6.45, 7) is 3.18. The Morgan fingerprint density at radius 1 is 1.73 bits per heavy atom. The highest BCUT2D eigenvalue weighted by Gasteiger charge is 2.53. The van der Waals surface area contributed by atoms with Gasteiger partial charge in [0.15, 0.2) is 0 Å². The van der Waals surface area contributed by atoms with E-state index in [1.165, 1.54) is 0 Å². The average Bonchev–Trinajstić information content (AvgIpc) is 2.75. The van der Waals surface area contributed by atoms with E-state index in [1.54, 1.807) is 6.92 Å². The molecule has 0 saturated carbocycles. The predicted octanol–water partition coefficient (Wildman–Crippen LogP) is -0.155. The minimum absolute atomic E-state index is 0.0847. The van der Waals surface area contributed by atoms with E-state index in [9.17, 15) is 9.59 Å². The van der Waals surface area contributed by atoms with Gasteiger partial charge in [-0.05, 0) is 13.3 Å². The molecule has 0 aliphatic carbocycles. The maximum absolute atomic E-state index is 11.7. The van der Waals surface area contributed by atoms with Crippen LogP contribution in [0.25, 0.3) is 0 Å². The largest absolute Gasteiger partial charge is 0.464 e. The van der Waals surface area contributed by atoms with Crippen LogP contribution in [0.1, 0.15) is 19.8 Å². The van der Waals surface area contributed by atoms with Gasteiger partial charge in [-0.25, -0.2) is 4.79 Å². The molecule has 2 heterocycles. The molecule has 84 valence electrons. The van der Waals surface area contributed by atoms with Crippen LogP contribution in [-0.2, 0) is 19.1 Å². The number of amides is 1. The normalized spacial score (nSPS) is 34.5. The maximum atomic E-state index is 11.7. The third-order valence-electron chi connectivity index (χ3n) is 3.09. The van der Waals surface area contributed by atoms with Crippen molar-refractivity contribution < 1.29 is 19.1 Å². The first-order valence-electron chi connectivity index (χ1n) is 5.22. The molecule has 2 unspecified atom stereocenters. The van der Waals surface area contributed by atoms with E-state index in [0.717, 1.165) is 6.42 Å². The number of hydrogen-bond acceptors (Lipinski definition) is 4. The number of esters is 1. The fraction of sp³-hybridized carbons (Fsp3) is 0.800. The smallest absolute Gasteiger partial charge is 0.329 e. The van der Waals surface area contributed by atoms with Crippen LogP contribution >= 0.6 is 0 Å². The van der Waals surface area contributed by atoms with E-state index in [1.807, 2.05) is 0 Å². The molecule has 1 amide bonds. The molecule has 0 bridgehead atoms. The van der Waals surface area contributed by atoms with Crippen LogP contribution in [0.2, 0.25) is 0 Å². The molecule has 0 aromatic rings. The number of ether oxygens (including phenoxy) is 2. The van der Waals surface area contributed by atoms with Gasteiger partial charge in [0.2, 0.25) is 5.91 Å². The Kier molecular flexibility index (Phi) is 2.65. The highest BCUT2D eigenvalue weighted by atomic mass is 16.5. The van der Waals surface area contributed by atoms with Gasteiger partial charge < -0.3 is 14.8 Å². The van der Waals surface area contributed by atoms with Crippen molar-refractivity contribution in [3.8, 4) is 0 Å². The Balaban J connectivity index is 2.14. The lowest BCUT2D eigenvalue weighted by atomic mass is 9.80. The summed E-state index contributed by atoms with van der Waals surface area (Å²) in [6.07, 6.45) is 1.12. The van der Waals surface area contributed by atoms with Crippen LogP contribution in [-0.4, -0.2) is 37.7 Å². The molecule has 15 heavy (non-hydrogen) atoms. The molecule has 0 aromatic heterocycles. The molecule has 2 atom stereocenters. The van der Waals surface area contributed by atoms with Crippen LogP contribution in [0.15, 0.2) is 0 Å². The van der Waals surface area contributed by atoms with Crippen molar-refractivity contribution in [3.63, 3.8) is 0 Å². The SMILES string of the molecule is CCOC(=O)C1NC(=O)CC12CCOC2. The summed E-state index contributed by atoms with van der Waals surface area (Å²) in [5.41, 5.74) is -0.358. The van der Waals surface area contributed by atoms with Crippen molar-refractivity contribution in [2.75, 3.05) is 19.8 Å². The zero-order chi connectivity index (χ0) is 10.9. The van der Waals surface area contributed by atoms with Gasteiger partial charge in [-0.15, -0.1) is 0 Å². The Morgan fingerprint density at radius 2 is 2.53 bits per heavy atom. The van der Waals surface area contributed by atoms with E-state index in [0.29, 0.717) is 26.2 Å². The van der Waals surface area contributed by atoms with Crippen LogP contribution in [0, 0.1) is 5.41 Å². The molecule has 2 rings (SSSR count). The summed E-state index contributed by atoms with van der Waals surface area (Å²) in [7, 11) is 0. The molecule has 5 heteroatoms. The van der Waals surface area contributed by atoms with Crippen LogP contribution < -0.4 is 5.32 Å². The summed E-state index contributed by atoms with van der Waals surface area (Å²) in [5.74, 6) is -0.424. The van der Waals surface area contributed by atoms with Gasteiger partial charge in [0.05, 0.1) is 13.2 Å². The van der Waals surface area contributed by atoms with Crippen molar-refractivity contribution in [1.29, 1.82) is 0 Å². The van der Waals surface area contributed by atoms with Gasteiger partial charge in [0.25, 0.3) is 0 Å². The quantitative estimate of drug-likeness (QED) is 0.648. The van der Waals surface area contributed by atoms with Crippen molar-refractivity contribution in [2.24, 2.45) is 5.41 Å². The lowest BCUT2D eigenvalue weighted by molar-refractivity contribution is -0.148. The van der Waals surface area contributed by atoms with E-state index < -0.39 is 6.04 Å². The van der Waals surface area contributed by atoms with Gasteiger partial charge in [-0.2, -0.15) is 0 Å². The molecule has 2 saturated heterocycles. The monoisotopic (exact) mass is 213 g/mol. The van der Waals surface area contributed by atoms with Crippen molar-refractivity contribution >= 4 is 11.9 Å². The Hall–Kier alpha value is -1.10. The maximum Gasteiger partial charge on any atom is 0.329 e. The second-order valence-electron chi connectivity index (χ2n) is 4.09. The van der Waals surface area contributed by atoms with Crippen molar-refractivity contribution in [2.45, 2.75) is 25.8 Å². The fourth-order valence-electron chi connectivity index (χ4n) is 2.31. The van der Waals surface area contributed by atoms with Crippen LogP contribution in [0.5, 0.6) is 0 Å². The number of hydrogen-bond donors (Lipinski definition) is 1. The first kappa shape index (κ1) is 10.4. The predicted molar refractivity (Wildman–Crippen MR) is 51.0 cm³/mol. The van der Waals surface area contributed by atoms with Gasteiger partial charge in [0, 0.05) is 18.4 Å². The van der Waals surface area contributed by atoms with Crippen LogP contribution in [0.3, 0.4) is 0 Å². The fourth-order valence-corrected chi connectivity index (χ4v) is 2.31. The first-order chi connectivity index (χ1) is 7.18. The summed E-state index contributed by atoms with van der Waals surface area (Å²) in [6, 6.07) is -0.521. The zero-order valence-electron chi connectivity index (χ0n) is 8.75. The van der Waals surface area contributed by atoms with E-state index in [-0.39, 0.29) is 17.3 Å². The average molecular weight is 213 g/mol. The van der Waals surface area contributed by atoms with E-state index in [2.05, 4.69) is 5.32 Å². The van der Waals surface area contributed by atoms with Gasteiger partial charge >= 0.3 is 5.97 Å². The van der Waals surface area contributed by atoms with Gasteiger partial charge in [0.1, 0.15) is 6.04 Å².